The van der Waals surface area contributed by atoms with Crippen LogP contribution in [0.3, 0.4) is 0 Å². The van der Waals surface area contributed by atoms with Crippen LogP contribution in [0, 0.1) is 11.3 Å². The van der Waals surface area contributed by atoms with Crippen LogP contribution in [-0.4, -0.2) is 30.1 Å². The first kappa shape index (κ1) is 13.4. The van der Waals surface area contributed by atoms with E-state index in [9.17, 15) is 0 Å². The lowest BCUT2D eigenvalue weighted by Crippen LogP contribution is -2.65. The van der Waals surface area contributed by atoms with E-state index in [1.807, 2.05) is 0 Å². The van der Waals surface area contributed by atoms with Gasteiger partial charge in [-0.2, -0.15) is 0 Å². The first-order valence-electron chi connectivity index (χ1n) is 7.47. The van der Waals surface area contributed by atoms with Gasteiger partial charge in [-0.25, -0.2) is 0 Å². The Kier molecular flexibility index (Phi) is 3.84. The number of piperidine rings is 1. The zero-order valence-corrected chi connectivity index (χ0v) is 12.0. The minimum absolute atomic E-state index is 0.278. The highest BCUT2D eigenvalue weighted by atomic mass is 15.2. The maximum atomic E-state index is 6.25. The average molecular weight is 238 g/mol. The summed E-state index contributed by atoms with van der Waals surface area (Å²) in [6.45, 7) is 10.7. The van der Waals surface area contributed by atoms with Gasteiger partial charge in [0.1, 0.15) is 0 Å². The van der Waals surface area contributed by atoms with Crippen LogP contribution in [0.25, 0.3) is 0 Å². The molecule has 2 aliphatic rings. The smallest absolute Gasteiger partial charge is 0.0382 e. The fourth-order valence-electron chi connectivity index (χ4n) is 4.23. The zero-order valence-electron chi connectivity index (χ0n) is 12.0. The van der Waals surface area contributed by atoms with Crippen LogP contribution in [0.1, 0.15) is 59.3 Å². The van der Waals surface area contributed by atoms with E-state index in [4.69, 9.17) is 5.73 Å². The van der Waals surface area contributed by atoms with Crippen LogP contribution in [0.4, 0.5) is 0 Å². The Labute approximate surface area is 107 Å². The number of nitrogens with two attached hydrogens (primary N) is 1. The first-order valence-corrected chi connectivity index (χ1v) is 7.47. The summed E-state index contributed by atoms with van der Waals surface area (Å²) >= 11 is 0. The van der Waals surface area contributed by atoms with Gasteiger partial charge in [0.2, 0.25) is 0 Å². The summed E-state index contributed by atoms with van der Waals surface area (Å²) in [4.78, 5) is 2.75. The van der Waals surface area contributed by atoms with Crippen LogP contribution in [0.15, 0.2) is 0 Å². The van der Waals surface area contributed by atoms with Gasteiger partial charge in [-0.05, 0) is 43.6 Å². The lowest BCUT2D eigenvalue weighted by Gasteiger charge is -2.57. The monoisotopic (exact) mass is 238 g/mol. The summed E-state index contributed by atoms with van der Waals surface area (Å²) in [7, 11) is 0. The molecular formula is C15H30N2. The van der Waals surface area contributed by atoms with Gasteiger partial charge in [-0.3, -0.25) is 4.90 Å². The van der Waals surface area contributed by atoms with Crippen molar-refractivity contribution in [3.05, 3.63) is 0 Å². The molecule has 0 spiro atoms. The molecule has 2 unspecified atom stereocenters. The quantitative estimate of drug-likeness (QED) is 0.801. The van der Waals surface area contributed by atoms with Crippen molar-refractivity contribution in [2.75, 3.05) is 19.6 Å². The number of rotatable bonds is 2. The molecule has 2 nitrogen and oxygen atoms in total. The highest BCUT2D eigenvalue weighted by Gasteiger charge is 2.49. The van der Waals surface area contributed by atoms with Gasteiger partial charge in [0.25, 0.3) is 0 Å². The van der Waals surface area contributed by atoms with Crippen molar-refractivity contribution >= 4 is 0 Å². The number of nitrogens with zero attached hydrogens (tertiary/aromatic N) is 1. The van der Waals surface area contributed by atoms with Gasteiger partial charge in [0.05, 0.1) is 0 Å². The Bertz CT molecular complexity index is 262. The van der Waals surface area contributed by atoms with E-state index < -0.39 is 0 Å². The van der Waals surface area contributed by atoms with Gasteiger partial charge in [-0.15, -0.1) is 0 Å². The Hall–Kier alpha value is -0.0800. The predicted octanol–water partition coefficient (Wildman–Crippen LogP) is 3.02. The van der Waals surface area contributed by atoms with Crippen LogP contribution in [0.5, 0.6) is 0 Å². The molecule has 2 heteroatoms. The molecule has 0 aromatic carbocycles. The van der Waals surface area contributed by atoms with E-state index in [2.05, 4.69) is 25.7 Å². The molecule has 2 N–H and O–H groups in total. The van der Waals surface area contributed by atoms with Crippen LogP contribution in [-0.2, 0) is 0 Å². The lowest BCUT2D eigenvalue weighted by atomic mass is 9.61. The molecular weight excluding hydrogens is 208 g/mol. The van der Waals surface area contributed by atoms with Crippen molar-refractivity contribution in [1.82, 2.24) is 4.90 Å². The fraction of sp³-hybridized carbons (Fsp3) is 1.00. The molecule has 1 heterocycles. The van der Waals surface area contributed by atoms with Crippen molar-refractivity contribution in [3.8, 4) is 0 Å². The third-order valence-corrected chi connectivity index (χ3v) is 5.50. The molecule has 0 aromatic rings. The SMILES string of the molecule is CC1CCCN(C2(CN)CCCCC2(C)C)C1. The maximum absolute atomic E-state index is 6.25. The molecule has 1 aliphatic carbocycles. The van der Waals surface area contributed by atoms with Crippen molar-refractivity contribution in [1.29, 1.82) is 0 Å². The number of hydrogen-bond donors (Lipinski definition) is 1. The minimum atomic E-state index is 0.278. The second-order valence-electron chi connectivity index (χ2n) is 7.02. The van der Waals surface area contributed by atoms with Crippen LogP contribution < -0.4 is 5.73 Å². The molecule has 1 aliphatic heterocycles. The lowest BCUT2D eigenvalue weighted by molar-refractivity contribution is -0.0618. The van der Waals surface area contributed by atoms with E-state index in [0.717, 1.165) is 12.5 Å². The van der Waals surface area contributed by atoms with Gasteiger partial charge in [0, 0.05) is 18.6 Å². The molecule has 0 aromatic heterocycles. The Morgan fingerprint density at radius 3 is 2.47 bits per heavy atom. The van der Waals surface area contributed by atoms with Crippen molar-refractivity contribution in [2.24, 2.45) is 17.1 Å². The Morgan fingerprint density at radius 1 is 1.18 bits per heavy atom. The molecule has 0 radical (unpaired) electrons. The van der Waals surface area contributed by atoms with Gasteiger partial charge in [-0.1, -0.05) is 33.6 Å². The van der Waals surface area contributed by atoms with E-state index in [0.29, 0.717) is 5.41 Å². The highest BCUT2D eigenvalue weighted by Crippen LogP contribution is 2.48. The predicted molar refractivity (Wildman–Crippen MR) is 74.0 cm³/mol. The summed E-state index contributed by atoms with van der Waals surface area (Å²) in [6.07, 6.45) is 8.17. The third kappa shape index (κ3) is 2.26. The van der Waals surface area contributed by atoms with Crippen LogP contribution in [0.2, 0.25) is 0 Å². The topological polar surface area (TPSA) is 29.3 Å². The van der Waals surface area contributed by atoms with E-state index in [1.54, 1.807) is 0 Å². The van der Waals surface area contributed by atoms with Gasteiger partial charge in [0.15, 0.2) is 0 Å². The fourth-order valence-corrected chi connectivity index (χ4v) is 4.23. The third-order valence-electron chi connectivity index (χ3n) is 5.50. The molecule has 100 valence electrons. The van der Waals surface area contributed by atoms with E-state index in [-0.39, 0.29) is 5.54 Å². The Morgan fingerprint density at radius 2 is 1.88 bits per heavy atom. The Balaban J connectivity index is 2.22. The van der Waals surface area contributed by atoms with Crippen molar-refractivity contribution < 1.29 is 0 Å². The molecule has 1 saturated heterocycles. The summed E-state index contributed by atoms with van der Waals surface area (Å²) in [5, 5.41) is 0. The average Bonchev–Trinajstić information content (AvgIpc) is 2.29. The van der Waals surface area contributed by atoms with Crippen LogP contribution >= 0.6 is 0 Å². The highest BCUT2D eigenvalue weighted by molar-refractivity contribution is 5.05. The second-order valence-corrected chi connectivity index (χ2v) is 7.02. The molecule has 0 amide bonds. The standard InChI is InChI=1S/C15H30N2/c1-13-7-6-10-17(11-13)15(12-16)9-5-4-8-14(15,2)3/h13H,4-12,16H2,1-3H3. The molecule has 0 bridgehead atoms. The molecule has 17 heavy (non-hydrogen) atoms. The maximum Gasteiger partial charge on any atom is 0.0382 e. The molecule has 1 saturated carbocycles. The van der Waals surface area contributed by atoms with E-state index >= 15 is 0 Å². The zero-order chi connectivity index (χ0) is 12.5. The molecule has 2 fully saturated rings. The summed E-state index contributed by atoms with van der Waals surface area (Å²) in [5.41, 5.74) is 6.91. The summed E-state index contributed by atoms with van der Waals surface area (Å²) < 4.78 is 0. The molecule has 2 rings (SSSR count). The normalized spacial score (nSPS) is 39.2. The van der Waals surface area contributed by atoms with Gasteiger partial charge < -0.3 is 5.73 Å². The van der Waals surface area contributed by atoms with Crippen molar-refractivity contribution in [3.63, 3.8) is 0 Å². The molecule has 2 atom stereocenters. The second kappa shape index (κ2) is 4.89. The number of likely N-dealkylation sites (tertiary alicyclic amines) is 1. The van der Waals surface area contributed by atoms with E-state index in [1.165, 1.54) is 51.6 Å². The number of hydrogen-bond acceptors (Lipinski definition) is 2. The summed E-state index contributed by atoms with van der Waals surface area (Å²) in [5.74, 6) is 0.852. The minimum Gasteiger partial charge on any atom is -0.329 e. The summed E-state index contributed by atoms with van der Waals surface area (Å²) in [6, 6.07) is 0. The largest absolute Gasteiger partial charge is 0.329 e. The first-order chi connectivity index (χ1) is 8.02. The van der Waals surface area contributed by atoms with Crippen molar-refractivity contribution in [2.45, 2.75) is 64.8 Å². The van der Waals surface area contributed by atoms with Gasteiger partial charge >= 0.3 is 0 Å².